The molecule has 6 unspecified atom stereocenters. The zero-order valence-electron chi connectivity index (χ0n) is 23.1. The lowest BCUT2D eigenvalue weighted by Crippen LogP contribution is -2.49. The third kappa shape index (κ3) is 3.85. The van der Waals surface area contributed by atoms with Crippen LogP contribution in [0.25, 0.3) is 0 Å². The van der Waals surface area contributed by atoms with Crippen molar-refractivity contribution in [1.29, 1.82) is 0 Å². The highest BCUT2D eigenvalue weighted by atomic mass is 35.5. The summed E-state index contributed by atoms with van der Waals surface area (Å²) in [5.41, 5.74) is -0.393. The Morgan fingerprint density at radius 2 is 1.55 bits per heavy atom. The third-order valence-electron chi connectivity index (χ3n) is 9.85. The lowest BCUT2D eigenvalue weighted by atomic mass is 9.51. The highest BCUT2D eigenvalue weighted by molar-refractivity contribution is 6.32. The Balaban J connectivity index is 1.38. The summed E-state index contributed by atoms with van der Waals surface area (Å²) in [4.78, 5) is 58.3. The van der Waals surface area contributed by atoms with Gasteiger partial charge in [0.25, 0.3) is 0 Å². The first kappa shape index (κ1) is 28.7. The topological polar surface area (TPSA) is 95.0 Å². The average molecular weight is 637 g/mol. The predicted molar refractivity (Wildman–Crippen MR) is 158 cm³/mol. The van der Waals surface area contributed by atoms with Crippen LogP contribution in [0.15, 0.2) is 72.3 Å². The number of aromatic hydroxyl groups is 1. The Kier molecular flexibility index (Phi) is 6.50. The van der Waals surface area contributed by atoms with Crippen LogP contribution in [-0.2, 0) is 19.2 Å². The van der Waals surface area contributed by atoms with Crippen LogP contribution in [0.4, 0.5) is 20.2 Å². The fraction of sp³-hybridized carbons (Fsp3) is 0.273. The minimum Gasteiger partial charge on any atom is -0.505 e. The van der Waals surface area contributed by atoms with E-state index in [9.17, 15) is 33.1 Å². The number of phenols is 1. The number of benzene rings is 3. The van der Waals surface area contributed by atoms with Gasteiger partial charge in [-0.25, -0.2) is 13.7 Å². The molecule has 3 aromatic rings. The quantitative estimate of drug-likeness (QED) is 0.265. The number of imide groups is 2. The van der Waals surface area contributed by atoms with Crippen molar-refractivity contribution in [3.05, 3.63) is 99.6 Å². The van der Waals surface area contributed by atoms with Gasteiger partial charge in [0.15, 0.2) is 11.6 Å². The molecule has 2 saturated heterocycles. The Morgan fingerprint density at radius 3 is 2.25 bits per heavy atom. The van der Waals surface area contributed by atoms with E-state index in [1.54, 1.807) is 37.3 Å². The van der Waals surface area contributed by atoms with Crippen molar-refractivity contribution in [1.82, 2.24) is 0 Å². The van der Waals surface area contributed by atoms with Gasteiger partial charge in [-0.1, -0.05) is 47.0 Å². The summed E-state index contributed by atoms with van der Waals surface area (Å²) in [5, 5.41) is 11.1. The third-order valence-corrected chi connectivity index (χ3v) is 10.4. The van der Waals surface area contributed by atoms with Crippen LogP contribution < -0.4 is 9.80 Å². The monoisotopic (exact) mass is 636 g/mol. The molecule has 0 aromatic heterocycles. The fourth-order valence-electron chi connectivity index (χ4n) is 7.84. The number of rotatable bonds is 3. The summed E-state index contributed by atoms with van der Waals surface area (Å²) in [6.07, 6.45) is 2.03. The van der Waals surface area contributed by atoms with Crippen LogP contribution in [0.2, 0.25) is 10.0 Å². The van der Waals surface area contributed by atoms with E-state index in [1.807, 2.05) is 0 Å². The summed E-state index contributed by atoms with van der Waals surface area (Å²) >= 11 is 12.0. The standard InChI is InChI=1S/C33H24Cl2F2N2O5/c1-33-22(30(42)39(32(33)44)17-9-12-24(36)23(35)13-17)14-21-18(27(33)20-3-2-4-25(37)28(20)40)10-11-19-26(21)31(43)38(29(19)41)16-7-5-15(34)6-8-16/h2-10,12-13,19,21-22,26-27,40H,11,14H2,1H3. The Morgan fingerprint density at radius 1 is 0.841 bits per heavy atom. The number of fused-ring (bicyclic) bond motifs is 4. The number of hydrogen-bond acceptors (Lipinski definition) is 5. The zero-order valence-corrected chi connectivity index (χ0v) is 24.7. The van der Waals surface area contributed by atoms with Gasteiger partial charge in [0.2, 0.25) is 23.6 Å². The van der Waals surface area contributed by atoms with Crippen molar-refractivity contribution in [2.24, 2.45) is 29.1 Å². The number of anilines is 2. The van der Waals surface area contributed by atoms with Gasteiger partial charge in [0, 0.05) is 16.5 Å². The molecule has 2 aliphatic carbocycles. The molecule has 224 valence electrons. The van der Waals surface area contributed by atoms with Crippen LogP contribution in [0, 0.1) is 40.7 Å². The van der Waals surface area contributed by atoms with Crippen LogP contribution in [-0.4, -0.2) is 28.7 Å². The molecule has 4 amide bonds. The molecule has 2 aliphatic heterocycles. The average Bonchev–Trinajstić information content (AvgIpc) is 3.36. The lowest BCUT2D eigenvalue weighted by molar-refractivity contribution is -0.131. The van der Waals surface area contributed by atoms with E-state index in [-0.39, 0.29) is 35.0 Å². The fourth-order valence-corrected chi connectivity index (χ4v) is 8.14. The van der Waals surface area contributed by atoms with Crippen molar-refractivity contribution in [3.63, 3.8) is 0 Å². The lowest BCUT2D eigenvalue weighted by Gasteiger charge is -2.49. The minimum absolute atomic E-state index is 0.0551. The van der Waals surface area contributed by atoms with Gasteiger partial charge < -0.3 is 5.11 Å². The second-order valence-corrected chi connectivity index (χ2v) is 12.8. The van der Waals surface area contributed by atoms with Gasteiger partial charge >= 0.3 is 0 Å². The molecule has 1 saturated carbocycles. The van der Waals surface area contributed by atoms with Gasteiger partial charge in [-0.2, -0.15) is 0 Å². The summed E-state index contributed by atoms with van der Waals surface area (Å²) in [6.45, 7) is 1.60. The van der Waals surface area contributed by atoms with Gasteiger partial charge in [-0.3, -0.25) is 24.1 Å². The molecule has 0 spiro atoms. The molecule has 4 aliphatic rings. The molecule has 3 aromatic carbocycles. The highest BCUT2D eigenvalue weighted by Gasteiger charge is 2.68. The number of nitrogens with zero attached hydrogens (tertiary/aromatic N) is 2. The van der Waals surface area contributed by atoms with Crippen molar-refractivity contribution >= 4 is 58.2 Å². The second-order valence-electron chi connectivity index (χ2n) is 11.9. The molecule has 2 heterocycles. The molecule has 3 fully saturated rings. The first-order valence-electron chi connectivity index (χ1n) is 14.1. The number of carbonyl (C=O) groups is 4. The number of para-hydroxylation sites is 1. The van der Waals surface area contributed by atoms with Crippen LogP contribution in [0.5, 0.6) is 5.75 Å². The van der Waals surface area contributed by atoms with Gasteiger partial charge in [0.05, 0.1) is 39.6 Å². The van der Waals surface area contributed by atoms with E-state index in [0.717, 1.165) is 21.9 Å². The second kappa shape index (κ2) is 9.97. The number of amides is 4. The molecular weight excluding hydrogens is 613 g/mol. The van der Waals surface area contributed by atoms with E-state index in [1.165, 1.54) is 24.3 Å². The predicted octanol–water partition coefficient (Wildman–Crippen LogP) is 6.41. The van der Waals surface area contributed by atoms with E-state index in [0.29, 0.717) is 16.3 Å². The zero-order chi connectivity index (χ0) is 31.2. The van der Waals surface area contributed by atoms with Gasteiger partial charge in [-0.15, -0.1) is 0 Å². The minimum atomic E-state index is -1.51. The summed E-state index contributed by atoms with van der Waals surface area (Å²) < 4.78 is 28.8. The van der Waals surface area contributed by atoms with Crippen LogP contribution in [0.3, 0.4) is 0 Å². The molecule has 11 heteroatoms. The molecular formula is C33H24Cl2F2N2O5. The maximum absolute atomic E-state index is 14.8. The SMILES string of the molecule is CC12C(=O)N(c3ccc(F)c(Cl)c3)C(=O)C1CC1C(=CCC3C(=O)N(c4ccc(Cl)cc4)C(=O)C31)C2c1cccc(F)c1O. The number of hydrogen-bond donors (Lipinski definition) is 1. The Hall–Kier alpha value is -4.08. The number of carbonyl (C=O) groups excluding carboxylic acids is 4. The van der Waals surface area contributed by atoms with E-state index >= 15 is 0 Å². The Labute approximate surface area is 260 Å². The molecule has 0 bridgehead atoms. The van der Waals surface area contributed by atoms with Crippen molar-refractivity contribution < 1.29 is 33.1 Å². The van der Waals surface area contributed by atoms with Crippen LogP contribution >= 0.6 is 23.2 Å². The molecule has 0 radical (unpaired) electrons. The first-order valence-corrected chi connectivity index (χ1v) is 14.8. The maximum Gasteiger partial charge on any atom is 0.241 e. The van der Waals surface area contributed by atoms with Crippen molar-refractivity contribution in [3.8, 4) is 5.75 Å². The number of phenolic OH excluding ortho intramolecular Hbond substituents is 1. The normalized spacial score (nSPS) is 29.5. The summed E-state index contributed by atoms with van der Waals surface area (Å²) in [7, 11) is 0. The molecule has 7 rings (SSSR count). The van der Waals surface area contributed by atoms with Crippen molar-refractivity contribution in [2.75, 3.05) is 9.80 Å². The summed E-state index contributed by atoms with van der Waals surface area (Å²) in [5.74, 6) is -8.58. The smallest absolute Gasteiger partial charge is 0.241 e. The molecule has 44 heavy (non-hydrogen) atoms. The molecule has 7 nitrogen and oxygen atoms in total. The van der Waals surface area contributed by atoms with E-state index in [4.69, 9.17) is 23.2 Å². The molecule has 6 atom stereocenters. The Bertz CT molecular complexity index is 1830. The van der Waals surface area contributed by atoms with Crippen LogP contribution in [0.1, 0.15) is 31.2 Å². The maximum atomic E-state index is 14.8. The first-order chi connectivity index (χ1) is 20.9. The van der Waals surface area contributed by atoms with Gasteiger partial charge in [0.1, 0.15) is 5.82 Å². The number of halogens is 4. The van der Waals surface area contributed by atoms with E-state index in [2.05, 4.69) is 0 Å². The molecule has 1 N–H and O–H groups in total. The highest BCUT2D eigenvalue weighted by Crippen LogP contribution is 2.64. The van der Waals surface area contributed by atoms with Crippen molar-refractivity contribution in [2.45, 2.75) is 25.7 Å². The van der Waals surface area contributed by atoms with Gasteiger partial charge in [-0.05, 0) is 74.2 Å². The largest absolute Gasteiger partial charge is 0.505 e. The number of allylic oxidation sites excluding steroid dienone is 2. The van der Waals surface area contributed by atoms with E-state index < -0.39 is 70.1 Å². The summed E-state index contributed by atoms with van der Waals surface area (Å²) in [6, 6.07) is 13.8.